The number of oxime groups is 1. The van der Waals surface area contributed by atoms with E-state index in [1.165, 1.54) is 4.90 Å². The number of unbranched alkanes of at least 4 members (excludes halogenated alkanes) is 2. The number of phenolic OH excluding ortho intramolecular Hbond substituents is 1. The van der Waals surface area contributed by atoms with Gasteiger partial charge in [-0.25, -0.2) is 4.79 Å². The number of ether oxygens (including phenoxy) is 1. The van der Waals surface area contributed by atoms with Gasteiger partial charge in [0.15, 0.2) is 0 Å². The maximum atomic E-state index is 13.8. The molecule has 1 saturated carbocycles. The van der Waals surface area contributed by atoms with Crippen molar-refractivity contribution in [1.82, 2.24) is 15.1 Å². The number of carbonyl (C=O) groups excluding carboxylic acids is 2. The van der Waals surface area contributed by atoms with Crippen molar-refractivity contribution in [2.75, 3.05) is 39.9 Å². The van der Waals surface area contributed by atoms with Crippen LogP contribution in [0.1, 0.15) is 81.3 Å². The van der Waals surface area contributed by atoms with Gasteiger partial charge < -0.3 is 45.1 Å². The minimum atomic E-state index is -1.85. The minimum absolute atomic E-state index is 0.00707. The number of urea groups is 1. The summed E-state index contributed by atoms with van der Waals surface area (Å²) in [5, 5.41) is 50.8. The van der Waals surface area contributed by atoms with Crippen LogP contribution in [0.25, 0.3) is 0 Å². The first-order chi connectivity index (χ1) is 25.2. The Morgan fingerprint density at radius 3 is 2.58 bits per heavy atom. The van der Waals surface area contributed by atoms with Crippen LogP contribution in [0.5, 0.6) is 11.5 Å². The number of aromatic hydroxyl groups is 1. The molecule has 1 saturated heterocycles. The molecule has 2 aromatic carbocycles. The number of fused-ring (bicyclic) bond motifs is 2. The number of rotatable bonds is 16. The molecule has 0 aromatic heterocycles. The summed E-state index contributed by atoms with van der Waals surface area (Å²) in [5.74, 6) is -2.05. The smallest absolute Gasteiger partial charge is 0.317 e. The van der Waals surface area contributed by atoms with Crippen molar-refractivity contribution >= 4 is 17.6 Å². The Morgan fingerprint density at radius 2 is 1.85 bits per heavy atom. The average molecular weight is 719 g/mol. The van der Waals surface area contributed by atoms with Crippen LogP contribution in [-0.2, 0) is 16.2 Å². The molecule has 6 rings (SSSR count). The molecule has 2 aliphatic carbocycles. The van der Waals surface area contributed by atoms with Gasteiger partial charge in [0.2, 0.25) is 11.7 Å². The number of allylic oxidation sites excluding steroid dienone is 1. The topological polar surface area (TPSA) is 164 Å². The molecular weight excluding hydrogens is 664 g/mol. The molecule has 0 spiro atoms. The summed E-state index contributed by atoms with van der Waals surface area (Å²) in [6, 6.07) is 13.5. The normalized spacial score (nSPS) is 27.0. The van der Waals surface area contributed by atoms with Crippen molar-refractivity contribution in [2.45, 2.75) is 88.6 Å². The molecule has 12 nitrogen and oxygen atoms in total. The number of hydrogen-bond acceptors (Lipinski definition) is 9. The highest BCUT2D eigenvalue weighted by atomic mass is 16.6. The number of nitrogens with zero attached hydrogens (tertiary/aromatic N) is 3. The van der Waals surface area contributed by atoms with Crippen LogP contribution in [0, 0.1) is 17.8 Å². The van der Waals surface area contributed by atoms with Crippen molar-refractivity contribution < 1.29 is 39.6 Å². The predicted octanol–water partition coefficient (Wildman–Crippen LogP) is 4.67. The lowest BCUT2D eigenvalue weighted by atomic mass is 9.55. The predicted molar refractivity (Wildman–Crippen MR) is 196 cm³/mol. The van der Waals surface area contributed by atoms with E-state index < -0.39 is 17.7 Å². The molecule has 2 fully saturated rings. The van der Waals surface area contributed by atoms with E-state index in [1.807, 2.05) is 35.2 Å². The van der Waals surface area contributed by atoms with Crippen molar-refractivity contribution in [2.24, 2.45) is 22.9 Å². The summed E-state index contributed by atoms with van der Waals surface area (Å²) in [7, 11) is 1.66. The van der Waals surface area contributed by atoms with E-state index in [-0.39, 0.29) is 61.7 Å². The first kappa shape index (κ1) is 37.6. The van der Waals surface area contributed by atoms with Crippen LogP contribution in [0.15, 0.2) is 65.3 Å². The van der Waals surface area contributed by atoms with Crippen LogP contribution in [-0.4, -0.2) is 99.6 Å². The van der Waals surface area contributed by atoms with Gasteiger partial charge in [0.05, 0.1) is 11.6 Å². The number of nitrogens with one attached hydrogen (secondary N) is 1. The van der Waals surface area contributed by atoms with E-state index >= 15 is 0 Å². The summed E-state index contributed by atoms with van der Waals surface area (Å²) in [6.07, 6.45) is 8.85. The van der Waals surface area contributed by atoms with Crippen LogP contribution in [0.4, 0.5) is 4.79 Å². The molecule has 2 aliphatic heterocycles. The highest BCUT2D eigenvalue weighted by Crippen LogP contribution is 2.60. The Bertz CT molecular complexity index is 1600. The largest absolute Gasteiger partial charge is 0.508 e. The lowest BCUT2D eigenvalue weighted by Crippen LogP contribution is -2.69. The van der Waals surface area contributed by atoms with Crippen LogP contribution in [0.2, 0.25) is 0 Å². The van der Waals surface area contributed by atoms with Crippen LogP contribution < -0.4 is 10.1 Å². The Balaban J connectivity index is 1.37. The van der Waals surface area contributed by atoms with Gasteiger partial charge in [-0.3, -0.25) is 4.79 Å². The first-order valence-electron chi connectivity index (χ1n) is 18.9. The molecule has 52 heavy (non-hydrogen) atoms. The summed E-state index contributed by atoms with van der Waals surface area (Å²) in [4.78, 5) is 35.2. The second kappa shape index (κ2) is 17.1. The molecule has 12 heteroatoms. The zero-order valence-corrected chi connectivity index (χ0v) is 30.2. The van der Waals surface area contributed by atoms with E-state index in [2.05, 4.69) is 11.4 Å². The maximum Gasteiger partial charge on any atom is 0.317 e. The molecule has 0 radical (unpaired) electrons. The van der Waals surface area contributed by atoms with Gasteiger partial charge in [0.25, 0.3) is 0 Å². The third-order valence-corrected chi connectivity index (χ3v) is 11.3. The highest BCUT2D eigenvalue weighted by molar-refractivity contribution is 6.03. The van der Waals surface area contributed by atoms with Crippen LogP contribution >= 0.6 is 0 Å². The zero-order chi connectivity index (χ0) is 36.7. The molecule has 6 atom stereocenters. The number of likely N-dealkylation sites (N-methyl/N-ethyl adjacent to an activating group) is 1. The van der Waals surface area contributed by atoms with E-state index in [0.29, 0.717) is 50.2 Å². The lowest BCUT2D eigenvalue weighted by molar-refractivity contribution is -0.226. The van der Waals surface area contributed by atoms with Gasteiger partial charge in [-0.05, 0) is 79.7 Å². The van der Waals surface area contributed by atoms with Gasteiger partial charge in [-0.15, -0.1) is 0 Å². The number of amides is 3. The first-order valence-corrected chi connectivity index (χ1v) is 18.9. The number of carbonyl (C=O) groups is 2. The van der Waals surface area contributed by atoms with Gasteiger partial charge in [0.1, 0.15) is 24.1 Å². The molecular formula is C40H54N4O8. The van der Waals surface area contributed by atoms with E-state index in [4.69, 9.17) is 14.7 Å². The summed E-state index contributed by atoms with van der Waals surface area (Å²) >= 11 is 0. The second-order valence-electron chi connectivity index (χ2n) is 14.7. The highest BCUT2D eigenvalue weighted by Gasteiger charge is 2.63. The quantitative estimate of drug-likeness (QED) is 0.124. The zero-order valence-electron chi connectivity index (χ0n) is 30.2. The van der Waals surface area contributed by atoms with Crippen molar-refractivity contribution in [3.05, 3.63) is 71.3 Å². The molecule has 282 valence electrons. The Morgan fingerprint density at radius 1 is 1.08 bits per heavy atom. The third kappa shape index (κ3) is 8.09. The minimum Gasteiger partial charge on any atom is -0.508 e. The summed E-state index contributed by atoms with van der Waals surface area (Å²) < 4.78 is 6.60. The Labute approximate surface area is 306 Å². The van der Waals surface area contributed by atoms with Gasteiger partial charge in [-0.1, -0.05) is 54.4 Å². The molecule has 3 amide bonds. The average Bonchev–Trinajstić information content (AvgIpc) is 3.56. The molecule has 5 N–H and O–H groups in total. The van der Waals surface area contributed by atoms with Crippen molar-refractivity contribution in [3.63, 3.8) is 0 Å². The number of likely N-dealkylation sites (tertiary alicyclic amines) is 1. The molecule has 4 aliphatic rings. The fraction of sp³-hybridized carbons (Fsp3) is 0.575. The standard InChI is InChI=1S/C40H54N4O8/c1-43(39(49)41-18-10-20-44-19-9-15-36(44)48)35-25-33(42-51-26-27-11-3-2-4-12-27)31-23-28(13-5-7-21-45)30(14-6-8-22-46)37-32-24-29(47)16-17-34(32)52-40(35,50)38(31)37/h2-4,11-12,16-17,23-24,28,30,35,37-38,45-47,50H,5-10,13-15,18-22,25-26H2,1H3,(H,41,49)/t28-,30+,35-,37+,38+,40+/m0/s1. The van der Waals surface area contributed by atoms with Crippen molar-refractivity contribution in [1.29, 1.82) is 0 Å². The van der Waals surface area contributed by atoms with E-state index in [0.717, 1.165) is 55.3 Å². The number of hydrogen-bond donors (Lipinski definition) is 5. The lowest BCUT2D eigenvalue weighted by Gasteiger charge is -2.58. The van der Waals surface area contributed by atoms with Gasteiger partial charge >= 0.3 is 6.03 Å². The number of aliphatic hydroxyl groups is 3. The Kier molecular flexibility index (Phi) is 12.4. The summed E-state index contributed by atoms with van der Waals surface area (Å²) in [5.41, 5.74) is 3.17. The maximum absolute atomic E-state index is 13.8. The van der Waals surface area contributed by atoms with Gasteiger partial charge in [-0.2, -0.15) is 0 Å². The van der Waals surface area contributed by atoms with Crippen molar-refractivity contribution in [3.8, 4) is 11.5 Å². The molecule has 0 unspecified atom stereocenters. The molecule has 2 aromatic rings. The fourth-order valence-corrected chi connectivity index (χ4v) is 8.79. The fourth-order valence-electron chi connectivity index (χ4n) is 8.79. The van der Waals surface area contributed by atoms with Gasteiger partial charge in [0, 0.05) is 64.2 Å². The van der Waals surface area contributed by atoms with E-state index in [9.17, 15) is 30.0 Å². The van der Waals surface area contributed by atoms with E-state index in [1.54, 1.807) is 25.2 Å². The number of phenols is 1. The number of aliphatic hydroxyl groups excluding tert-OH is 2. The monoisotopic (exact) mass is 718 g/mol. The SMILES string of the molecule is CN(C(=O)NCCCN1CCCC1=O)[C@H]1CC(=NOCc2ccccc2)C2=C[C@H](CCCCO)[C@@H](CCCCO)[C@@H]3c4cc(O)ccc4O[C@@]1(O)[C@H]23. The molecule has 2 heterocycles. The molecule has 0 bridgehead atoms. The number of benzene rings is 2. The second-order valence-corrected chi connectivity index (χ2v) is 14.7. The third-order valence-electron chi connectivity index (χ3n) is 11.3. The van der Waals surface area contributed by atoms with Crippen LogP contribution in [0.3, 0.4) is 0 Å². The summed E-state index contributed by atoms with van der Waals surface area (Å²) in [6.45, 7) is 2.10. The Hall–Kier alpha value is -4.13.